The number of ether oxygens (including phenoxy) is 3. The highest BCUT2D eigenvalue weighted by atomic mass is 16.5. The number of para-hydroxylation sites is 1. The highest BCUT2D eigenvalue weighted by molar-refractivity contribution is 6.10. The molecule has 2 aromatic rings. The van der Waals surface area contributed by atoms with Crippen molar-refractivity contribution in [3.63, 3.8) is 0 Å². The van der Waals surface area contributed by atoms with Crippen molar-refractivity contribution in [2.45, 2.75) is 32.2 Å². The maximum Gasteiger partial charge on any atom is 0.259 e. The Balaban J connectivity index is 1.91. The summed E-state index contributed by atoms with van der Waals surface area (Å²) in [5.74, 6) is 0.583. The molecular weight excluding hydrogens is 384 g/mol. The number of nitrogens with zero attached hydrogens (tertiary/aromatic N) is 1. The number of amides is 2. The van der Waals surface area contributed by atoms with E-state index in [9.17, 15) is 9.59 Å². The van der Waals surface area contributed by atoms with E-state index >= 15 is 0 Å². The van der Waals surface area contributed by atoms with E-state index in [1.807, 2.05) is 4.90 Å². The molecule has 0 unspecified atom stereocenters. The topological polar surface area (TPSA) is 77.1 Å². The summed E-state index contributed by atoms with van der Waals surface area (Å²) in [5.41, 5.74) is 1.21. The van der Waals surface area contributed by atoms with Crippen LogP contribution >= 0.6 is 0 Å². The molecule has 1 atom stereocenters. The van der Waals surface area contributed by atoms with E-state index in [2.05, 4.69) is 12.2 Å². The summed E-state index contributed by atoms with van der Waals surface area (Å²) in [4.78, 5) is 28.1. The summed E-state index contributed by atoms with van der Waals surface area (Å²) in [5, 5.41) is 2.86. The van der Waals surface area contributed by atoms with Gasteiger partial charge in [0.15, 0.2) is 11.5 Å². The molecule has 1 aliphatic heterocycles. The van der Waals surface area contributed by atoms with Crippen molar-refractivity contribution in [3.8, 4) is 17.2 Å². The number of carbonyl (C=O) groups excluding carboxylic acids is 2. The Morgan fingerprint density at radius 1 is 0.933 bits per heavy atom. The van der Waals surface area contributed by atoms with Gasteiger partial charge in [0.05, 0.1) is 38.1 Å². The normalized spacial score (nSPS) is 16.0. The molecule has 0 spiro atoms. The Kier molecular flexibility index (Phi) is 6.82. The van der Waals surface area contributed by atoms with E-state index in [1.54, 1.807) is 36.4 Å². The number of nitrogens with one attached hydrogen (secondary N) is 1. The largest absolute Gasteiger partial charge is 0.493 e. The monoisotopic (exact) mass is 412 g/mol. The van der Waals surface area contributed by atoms with E-state index in [-0.39, 0.29) is 23.3 Å². The zero-order valence-electron chi connectivity index (χ0n) is 17.9. The van der Waals surface area contributed by atoms with Gasteiger partial charge in [-0.1, -0.05) is 12.1 Å². The predicted molar refractivity (Wildman–Crippen MR) is 115 cm³/mol. The Morgan fingerprint density at radius 2 is 1.67 bits per heavy atom. The van der Waals surface area contributed by atoms with Gasteiger partial charge < -0.3 is 24.4 Å². The highest BCUT2D eigenvalue weighted by Crippen LogP contribution is 2.40. The van der Waals surface area contributed by atoms with Crippen LogP contribution in [0.2, 0.25) is 0 Å². The molecule has 1 heterocycles. The van der Waals surface area contributed by atoms with Crippen molar-refractivity contribution >= 4 is 17.5 Å². The Labute approximate surface area is 176 Å². The van der Waals surface area contributed by atoms with Crippen LogP contribution in [0.25, 0.3) is 0 Å². The zero-order valence-corrected chi connectivity index (χ0v) is 17.9. The van der Waals surface area contributed by atoms with E-state index in [1.165, 1.54) is 21.3 Å². The third kappa shape index (κ3) is 4.20. The number of hydrogen-bond acceptors (Lipinski definition) is 5. The van der Waals surface area contributed by atoms with Crippen molar-refractivity contribution in [2.75, 3.05) is 33.2 Å². The maximum absolute atomic E-state index is 13.2. The van der Waals surface area contributed by atoms with Crippen LogP contribution in [0, 0.1) is 0 Å². The van der Waals surface area contributed by atoms with Crippen LogP contribution in [0.1, 0.15) is 46.9 Å². The van der Waals surface area contributed by atoms with Crippen molar-refractivity contribution in [1.29, 1.82) is 0 Å². The van der Waals surface area contributed by atoms with Gasteiger partial charge in [-0.15, -0.1) is 0 Å². The van der Waals surface area contributed by atoms with Crippen LogP contribution in [0.4, 0.5) is 5.69 Å². The fourth-order valence-electron chi connectivity index (χ4n) is 3.80. The molecule has 0 aliphatic carbocycles. The molecule has 160 valence electrons. The summed E-state index contributed by atoms with van der Waals surface area (Å²) in [7, 11) is 4.46. The van der Waals surface area contributed by atoms with Crippen molar-refractivity contribution in [1.82, 2.24) is 4.90 Å². The number of benzene rings is 2. The smallest absolute Gasteiger partial charge is 0.259 e. The lowest BCUT2D eigenvalue weighted by Gasteiger charge is -2.34. The number of methoxy groups -OCH3 is 3. The minimum absolute atomic E-state index is 0.0719. The van der Waals surface area contributed by atoms with Gasteiger partial charge in [-0.05, 0) is 50.5 Å². The fraction of sp³-hybridized carbons (Fsp3) is 0.391. The fourth-order valence-corrected chi connectivity index (χ4v) is 3.80. The minimum atomic E-state index is -0.403. The Bertz CT molecular complexity index is 928. The van der Waals surface area contributed by atoms with Gasteiger partial charge in [0, 0.05) is 12.6 Å². The number of rotatable bonds is 6. The first-order valence-electron chi connectivity index (χ1n) is 10.0. The second kappa shape index (κ2) is 9.52. The molecular formula is C23H28N2O5. The van der Waals surface area contributed by atoms with Crippen LogP contribution in [0.15, 0.2) is 36.4 Å². The minimum Gasteiger partial charge on any atom is -0.493 e. The number of anilines is 1. The summed E-state index contributed by atoms with van der Waals surface area (Å²) >= 11 is 0. The lowest BCUT2D eigenvalue weighted by Crippen LogP contribution is -2.42. The molecule has 30 heavy (non-hydrogen) atoms. The lowest BCUT2D eigenvalue weighted by atomic mass is 10.0. The number of likely N-dealkylation sites (tertiary alicyclic amines) is 1. The van der Waals surface area contributed by atoms with Crippen molar-refractivity contribution < 1.29 is 23.8 Å². The molecule has 0 aromatic heterocycles. The predicted octanol–water partition coefficient (Wildman–Crippen LogP) is 3.98. The molecule has 1 saturated heterocycles. The molecule has 0 bridgehead atoms. The second-order valence-corrected chi connectivity index (χ2v) is 7.22. The van der Waals surface area contributed by atoms with Gasteiger partial charge in [-0.3, -0.25) is 9.59 Å². The highest BCUT2D eigenvalue weighted by Gasteiger charge is 2.27. The molecule has 2 amide bonds. The summed E-state index contributed by atoms with van der Waals surface area (Å²) in [6.07, 6.45) is 3.11. The van der Waals surface area contributed by atoms with E-state index in [0.29, 0.717) is 22.7 Å². The average Bonchev–Trinajstić information content (AvgIpc) is 2.78. The van der Waals surface area contributed by atoms with Crippen LogP contribution < -0.4 is 19.5 Å². The van der Waals surface area contributed by atoms with Gasteiger partial charge >= 0.3 is 0 Å². The Morgan fingerprint density at radius 3 is 2.33 bits per heavy atom. The SMILES string of the molecule is COc1ccc(C(=O)Nc2ccccc2C(=O)N2CCCC[C@H]2C)c(OC)c1OC. The number of piperidine rings is 1. The molecule has 3 rings (SSSR count). The standard InChI is InChI=1S/C23H28N2O5/c1-15-9-7-8-14-25(15)23(27)16-10-5-6-11-18(16)24-22(26)17-12-13-19(28-2)21(30-4)20(17)29-3/h5-6,10-13,15H,7-9,14H2,1-4H3,(H,24,26)/t15-/m1/s1. The van der Waals surface area contributed by atoms with Crippen molar-refractivity contribution in [3.05, 3.63) is 47.5 Å². The zero-order chi connectivity index (χ0) is 21.7. The summed E-state index contributed by atoms with van der Waals surface area (Å²) < 4.78 is 16.0. The van der Waals surface area contributed by atoms with Crippen LogP contribution in [-0.2, 0) is 0 Å². The van der Waals surface area contributed by atoms with E-state index in [0.717, 1.165) is 25.8 Å². The molecule has 1 aliphatic rings. The first kappa shape index (κ1) is 21.5. The van der Waals surface area contributed by atoms with Gasteiger partial charge in [0.2, 0.25) is 5.75 Å². The maximum atomic E-state index is 13.2. The van der Waals surface area contributed by atoms with Crippen molar-refractivity contribution in [2.24, 2.45) is 0 Å². The third-order valence-corrected chi connectivity index (χ3v) is 5.42. The molecule has 0 radical (unpaired) electrons. The third-order valence-electron chi connectivity index (χ3n) is 5.42. The molecule has 1 N–H and O–H groups in total. The molecule has 2 aromatic carbocycles. The molecule has 7 heteroatoms. The van der Waals surface area contributed by atoms with E-state index in [4.69, 9.17) is 14.2 Å². The van der Waals surface area contributed by atoms with Gasteiger partial charge in [-0.2, -0.15) is 0 Å². The quantitative estimate of drug-likeness (QED) is 0.777. The van der Waals surface area contributed by atoms with Crippen LogP contribution in [-0.4, -0.2) is 50.6 Å². The summed E-state index contributed by atoms with van der Waals surface area (Å²) in [6, 6.07) is 10.5. The molecule has 0 saturated carbocycles. The van der Waals surface area contributed by atoms with E-state index < -0.39 is 5.91 Å². The number of carbonyl (C=O) groups is 2. The first-order valence-corrected chi connectivity index (χ1v) is 10.0. The molecule has 1 fully saturated rings. The lowest BCUT2D eigenvalue weighted by molar-refractivity contribution is 0.0636. The molecule has 7 nitrogen and oxygen atoms in total. The summed E-state index contributed by atoms with van der Waals surface area (Å²) in [6.45, 7) is 2.79. The van der Waals surface area contributed by atoms with Crippen LogP contribution in [0.5, 0.6) is 17.2 Å². The van der Waals surface area contributed by atoms with Gasteiger partial charge in [0.25, 0.3) is 11.8 Å². The first-order chi connectivity index (χ1) is 14.5. The average molecular weight is 412 g/mol. The second-order valence-electron chi connectivity index (χ2n) is 7.22. The number of hydrogen-bond donors (Lipinski definition) is 1. The van der Waals surface area contributed by atoms with Gasteiger partial charge in [-0.25, -0.2) is 0 Å². The Hall–Kier alpha value is -3.22. The van der Waals surface area contributed by atoms with Crippen LogP contribution in [0.3, 0.4) is 0 Å². The van der Waals surface area contributed by atoms with Gasteiger partial charge in [0.1, 0.15) is 0 Å².